The summed E-state index contributed by atoms with van der Waals surface area (Å²) in [7, 11) is 0. The summed E-state index contributed by atoms with van der Waals surface area (Å²) in [6.45, 7) is 0. The third-order valence-electron chi connectivity index (χ3n) is 3.83. The van der Waals surface area contributed by atoms with Crippen molar-refractivity contribution in [2.45, 2.75) is 25.4 Å². The number of aryl methyl sites for hydroxylation is 1. The summed E-state index contributed by atoms with van der Waals surface area (Å²) in [5.41, 5.74) is 8.67. The highest BCUT2D eigenvalue weighted by Crippen LogP contribution is 2.36. The SMILES string of the molecule is N=C(N)c1ccc(OC2CCCc3ccccc32)c(Cl)c1. The molecule has 0 heterocycles. The Bertz CT molecular complexity index is 684. The normalized spacial score (nSPS) is 17.1. The zero-order valence-electron chi connectivity index (χ0n) is 11.6. The molecule has 0 bridgehead atoms. The van der Waals surface area contributed by atoms with Crippen LogP contribution in [-0.4, -0.2) is 5.84 Å². The van der Waals surface area contributed by atoms with Gasteiger partial charge in [0, 0.05) is 5.56 Å². The molecule has 0 spiro atoms. The van der Waals surface area contributed by atoms with Gasteiger partial charge in [0.15, 0.2) is 0 Å². The van der Waals surface area contributed by atoms with Crippen LogP contribution in [0.15, 0.2) is 42.5 Å². The molecule has 1 aliphatic rings. The van der Waals surface area contributed by atoms with Crippen molar-refractivity contribution in [1.29, 1.82) is 5.41 Å². The van der Waals surface area contributed by atoms with Crippen molar-refractivity contribution in [3.05, 3.63) is 64.2 Å². The molecule has 0 saturated heterocycles. The quantitative estimate of drug-likeness (QED) is 0.663. The van der Waals surface area contributed by atoms with Crippen molar-refractivity contribution in [2.24, 2.45) is 5.73 Å². The molecular formula is C17H17ClN2O. The second-order valence-electron chi connectivity index (χ2n) is 5.26. The fraction of sp³-hybridized carbons (Fsp3) is 0.235. The zero-order valence-corrected chi connectivity index (χ0v) is 12.4. The molecule has 1 aliphatic carbocycles. The molecule has 1 atom stereocenters. The minimum Gasteiger partial charge on any atom is -0.484 e. The lowest BCUT2D eigenvalue weighted by atomic mass is 9.89. The third kappa shape index (κ3) is 2.88. The van der Waals surface area contributed by atoms with Crippen LogP contribution in [-0.2, 0) is 6.42 Å². The number of nitrogens with one attached hydrogen (secondary N) is 1. The molecular weight excluding hydrogens is 284 g/mol. The van der Waals surface area contributed by atoms with Gasteiger partial charge in [-0.2, -0.15) is 0 Å². The lowest BCUT2D eigenvalue weighted by molar-refractivity contribution is 0.183. The predicted octanol–water partition coefficient (Wildman–Crippen LogP) is 4.08. The van der Waals surface area contributed by atoms with E-state index in [1.54, 1.807) is 18.2 Å². The van der Waals surface area contributed by atoms with E-state index in [9.17, 15) is 0 Å². The number of nitrogens with two attached hydrogens (primary N) is 1. The van der Waals surface area contributed by atoms with Gasteiger partial charge in [-0.3, -0.25) is 5.41 Å². The van der Waals surface area contributed by atoms with Crippen LogP contribution < -0.4 is 10.5 Å². The van der Waals surface area contributed by atoms with Gasteiger partial charge in [-0.25, -0.2) is 0 Å². The highest BCUT2D eigenvalue weighted by molar-refractivity contribution is 6.32. The topological polar surface area (TPSA) is 59.1 Å². The van der Waals surface area contributed by atoms with Crippen LogP contribution in [0.25, 0.3) is 0 Å². The van der Waals surface area contributed by atoms with Crippen molar-refractivity contribution in [3.8, 4) is 5.75 Å². The van der Waals surface area contributed by atoms with Crippen LogP contribution in [0.1, 0.15) is 35.6 Å². The van der Waals surface area contributed by atoms with E-state index in [-0.39, 0.29) is 11.9 Å². The minimum atomic E-state index is 0.00598. The molecule has 3 rings (SSSR count). The Morgan fingerprint density at radius 1 is 1.24 bits per heavy atom. The van der Waals surface area contributed by atoms with E-state index in [2.05, 4.69) is 18.2 Å². The average Bonchev–Trinajstić information content (AvgIpc) is 2.49. The molecule has 21 heavy (non-hydrogen) atoms. The van der Waals surface area contributed by atoms with Crippen molar-refractivity contribution < 1.29 is 4.74 Å². The molecule has 0 saturated carbocycles. The number of hydrogen-bond acceptors (Lipinski definition) is 2. The third-order valence-corrected chi connectivity index (χ3v) is 4.12. The molecule has 0 radical (unpaired) electrons. The summed E-state index contributed by atoms with van der Waals surface area (Å²) in [4.78, 5) is 0. The van der Waals surface area contributed by atoms with Crippen molar-refractivity contribution >= 4 is 17.4 Å². The van der Waals surface area contributed by atoms with E-state index in [4.69, 9.17) is 27.5 Å². The van der Waals surface area contributed by atoms with Gasteiger partial charge in [-0.05, 0) is 48.6 Å². The Hall–Kier alpha value is -2.00. The Balaban J connectivity index is 1.86. The van der Waals surface area contributed by atoms with Crippen LogP contribution in [0.2, 0.25) is 5.02 Å². The van der Waals surface area contributed by atoms with Gasteiger partial charge < -0.3 is 10.5 Å². The van der Waals surface area contributed by atoms with Crippen LogP contribution in [0, 0.1) is 5.41 Å². The second kappa shape index (κ2) is 5.78. The first kappa shape index (κ1) is 14.0. The van der Waals surface area contributed by atoms with Crippen LogP contribution in [0.4, 0.5) is 0 Å². The van der Waals surface area contributed by atoms with Crippen molar-refractivity contribution in [3.63, 3.8) is 0 Å². The number of hydrogen-bond donors (Lipinski definition) is 2. The first-order chi connectivity index (χ1) is 10.1. The smallest absolute Gasteiger partial charge is 0.138 e. The van der Waals surface area contributed by atoms with Gasteiger partial charge >= 0.3 is 0 Å². The first-order valence-electron chi connectivity index (χ1n) is 7.03. The number of halogens is 1. The average molecular weight is 301 g/mol. The number of nitrogen functional groups attached to an aromatic ring is 1. The minimum absolute atomic E-state index is 0.00598. The summed E-state index contributed by atoms with van der Waals surface area (Å²) in [5, 5.41) is 7.92. The molecule has 1 unspecified atom stereocenters. The Kier molecular flexibility index (Phi) is 3.84. The molecule has 0 fully saturated rings. The molecule has 3 N–H and O–H groups in total. The maximum Gasteiger partial charge on any atom is 0.138 e. The second-order valence-corrected chi connectivity index (χ2v) is 5.66. The predicted molar refractivity (Wildman–Crippen MR) is 85.2 cm³/mol. The van der Waals surface area contributed by atoms with Gasteiger partial charge in [0.25, 0.3) is 0 Å². The monoisotopic (exact) mass is 300 g/mol. The van der Waals surface area contributed by atoms with Crippen molar-refractivity contribution in [2.75, 3.05) is 0 Å². The Morgan fingerprint density at radius 3 is 2.81 bits per heavy atom. The number of ether oxygens (including phenoxy) is 1. The van der Waals surface area contributed by atoms with E-state index in [0.29, 0.717) is 16.3 Å². The van der Waals surface area contributed by atoms with Gasteiger partial charge in [-0.15, -0.1) is 0 Å². The summed E-state index contributed by atoms with van der Waals surface area (Å²) in [6, 6.07) is 13.6. The number of benzene rings is 2. The zero-order chi connectivity index (χ0) is 14.8. The first-order valence-corrected chi connectivity index (χ1v) is 7.41. The number of rotatable bonds is 3. The maximum absolute atomic E-state index is 7.43. The van der Waals surface area contributed by atoms with E-state index in [1.165, 1.54) is 11.1 Å². The fourth-order valence-corrected chi connectivity index (χ4v) is 2.97. The Labute approximate surface area is 129 Å². The summed E-state index contributed by atoms with van der Waals surface area (Å²) in [5.74, 6) is 0.648. The van der Waals surface area contributed by atoms with Crippen LogP contribution >= 0.6 is 11.6 Å². The van der Waals surface area contributed by atoms with Crippen LogP contribution in [0.3, 0.4) is 0 Å². The number of amidine groups is 1. The molecule has 3 nitrogen and oxygen atoms in total. The van der Waals surface area contributed by atoms with E-state index in [1.807, 2.05) is 6.07 Å². The van der Waals surface area contributed by atoms with Gasteiger partial charge in [0.1, 0.15) is 17.7 Å². The fourth-order valence-electron chi connectivity index (χ4n) is 2.75. The van der Waals surface area contributed by atoms with E-state index < -0.39 is 0 Å². The lowest BCUT2D eigenvalue weighted by Gasteiger charge is -2.26. The summed E-state index contributed by atoms with van der Waals surface area (Å²) >= 11 is 6.24. The molecule has 108 valence electrons. The van der Waals surface area contributed by atoms with E-state index in [0.717, 1.165) is 19.3 Å². The molecule has 0 amide bonds. The molecule has 4 heteroatoms. The summed E-state index contributed by atoms with van der Waals surface area (Å²) < 4.78 is 6.10. The standard InChI is InChI=1S/C17H17ClN2O/c18-14-10-12(17(19)20)8-9-16(14)21-15-7-3-5-11-4-1-2-6-13(11)15/h1-2,4,6,8-10,15H,3,5,7H2,(H3,19,20). The molecule has 0 aromatic heterocycles. The van der Waals surface area contributed by atoms with Gasteiger partial charge in [-0.1, -0.05) is 35.9 Å². The molecule has 2 aromatic rings. The van der Waals surface area contributed by atoms with Crippen molar-refractivity contribution in [1.82, 2.24) is 0 Å². The van der Waals surface area contributed by atoms with Gasteiger partial charge in [0.2, 0.25) is 0 Å². The largest absolute Gasteiger partial charge is 0.484 e. The van der Waals surface area contributed by atoms with Gasteiger partial charge in [0.05, 0.1) is 5.02 Å². The van der Waals surface area contributed by atoms with Crippen LogP contribution in [0.5, 0.6) is 5.75 Å². The summed E-state index contributed by atoms with van der Waals surface area (Å²) in [6.07, 6.45) is 3.25. The highest BCUT2D eigenvalue weighted by atomic mass is 35.5. The van der Waals surface area contributed by atoms with E-state index >= 15 is 0 Å². The molecule has 2 aromatic carbocycles. The maximum atomic E-state index is 7.43. The molecule has 0 aliphatic heterocycles. The number of fused-ring (bicyclic) bond motifs is 1. The lowest BCUT2D eigenvalue weighted by Crippen LogP contribution is -2.15. The Morgan fingerprint density at radius 2 is 2.05 bits per heavy atom. The highest BCUT2D eigenvalue weighted by Gasteiger charge is 2.22.